The lowest BCUT2D eigenvalue weighted by Gasteiger charge is -2.17. The number of aromatic nitrogens is 2. The van der Waals surface area contributed by atoms with Crippen LogP contribution < -0.4 is 10.9 Å². The van der Waals surface area contributed by atoms with E-state index in [2.05, 4.69) is 22.2 Å². The highest BCUT2D eigenvalue weighted by molar-refractivity contribution is 8.00. The van der Waals surface area contributed by atoms with Gasteiger partial charge in [-0.05, 0) is 62.3 Å². The molecule has 2 aromatic heterocycles. The zero-order chi connectivity index (χ0) is 19.8. The number of aryl methyl sites for hydroxylation is 2. The maximum absolute atomic E-state index is 12.7. The van der Waals surface area contributed by atoms with Crippen LogP contribution in [0.1, 0.15) is 36.3 Å². The first-order chi connectivity index (χ1) is 13.4. The summed E-state index contributed by atoms with van der Waals surface area (Å²) >= 11 is 2.91. The summed E-state index contributed by atoms with van der Waals surface area (Å²) in [4.78, 5) is 34.8. The van der Waals surface area contributed by atoms with E-state index >= 15 is 0 Å². The summed E-state index contributed by atoms with van der Waals surface area (Å²) in [6.45, 7) is 6.06. The fraction of sp³-hybridized carbons (Fsp3) is 0.381. The van der Waals surface area contributed by atoms with Crippen molar-refractivity contribution in [2.24, 2.45) is 5.92 Å². The molecule has 0 spiro atoms. The molecule has 2 atom stereocenters. The summed E-state index contributed by atoms with van der Waals surface area (Å²) in [6, 6.07) is 7.69. The number of anilines is 1. The Morgan fingerprint density at radius 1 is 1.43 bits per heavy atom. The monoisotopic (exact) mass is 413 g/mol. The first kappa shape index (κ1) is 19.2. The first-order valence-corrected chi connectivity index (χ1v) is 11.2. The minimum absolute atomic E-state index is 0.0918. The molecular weight excluding hydrogens is 390 g/mol. The van der Waals surface area contributed by atoms with Crippen molar-refractivity contribution in [3.63, 3.8) is 0 Å². The van der Waals surface area contributed by atoms with E-state index in [0.29, 0.717) is 11.1 Å². The van der Waals surface area contributed by atoms with Crippen molar-refractivity contribution in [2.75, 3.05) is 5.32 Å². The van der Waals surface area contributed by atoms with Gasteiger partial charge in [-0.2, -0.15) is 0 Å². The quantitative estimate of drug-likeness (QED) is 0.486. The van der Waals surface area contributed by atoms with E-state index in [9.17, 15) is 9.59 Å². The molecule has 2 N–H and O–H groups in total. The van der Waals surface area contributed by atoms with Crippen LogP contribution in [0.25, 0.3) is 10.2 Å². The molecule has 28 heavy (non-hydrogen) atoms. The number of hydrogen-bond acceptors (Lipinski definition) is 5. The molecule has 1 amide bonds. The average Bonchev–Trinajstić information content (AvgIpc) is 2.99. The number of thiophene rings is 1. The second-order valence-corrected chi connectivity index (χ2v) is 9.93. The van der Waals surface area contributed by atoms with Crippen molar-refractivity contribution in [3.05, 3.63) is 50.6 Å². The molecule has 0 fully saturated rings. The number of amides is 1. The largest absolute Gasteiger partial charge is 0.325 e. The highest BCUT2D eigenvalue weighted by Gasteiger charge is 2.24. The predicted octanol–water partition coefficient (Wildman–Crippen LogP) is 4.54. The van der Waals surface area contributed by atoms with Gasteiger partial charge in [0.1, 0.15) is 4.83 Å². The van der Waals surface area contributed by atoms with Gasteiger partial charge in [0.05, 0.1) is 10.6 Å². The van der Waals surface area contributed by atoms with Gasteiger partial charge >= 0.3 is 0 Å². The van der Waals surface area contributed by atoms with Gasteiger partial charge < -0.3 is 10.3 Å². The normalized spacial score (nSPS) is 17.3. The van der Waals surface area contributed by atoms with Crippen molar-refractivity contribution >= 4 is 44.9 Å². The summed E-state index contributed by atoms with van der Waals surface area (Å²) in [5.74, 6) is 0.538. The number of rotatable bonds is 4. The number of carbonyl (C=O) groups is 1. The number of nitrogens with one attached hydrogen (secondary N) is 2. The molecule has 0 radical (unpaired) electrons. The third-order valence-electron chi connectivity index (χ3n) is 5.09. The standard InChI is InChI=1S/C21H23N3O2S2/c1-11-5-4-6-14(9-11)22-18(25)13(3)27-21-23-19(26)17-15-8-7-12(2)10-16(15)28-20(17)24-21/h4-6,9,12-13H,7-8,10H2,1-3H3,(H,22,25)(H,23,24,26)/t12-,13-/m1/s1. The third kappa shape index (κ3) is 3.86. The van der Waals surface area contributed by atoms with Crippen LogP contribution in [0.3, 0.4) is 0 Å². The van der Waals surface area contributed by atoms with Crippen molar-refractivity contribution in [1.82, 2.24) is 9.97 Å². The number of carbonyl (C=O) groups excluding carboxylic acids is 1. The van der Waals surface area contributed by atoms with Gasteiger partial charge in [-0.1, -0.05) is 30.8 Å². The Labute approximate surface area is 172 Å². The Kier molecular flexibility index (Phi) is 5.29. The van der Waals surface area contributed by atoms with Crippen LogP contribution in [-0.2, 0) is 17.6 Å². The van der Waals surface area contributed by atoms with Crippen molar-refractivity contribution in [2.45, 2.75) is 50.4 Å². The molecule has 2 heterocycles. The Balaban J connectivity index is 1.54. The van der Waals surface area contributed by atoms with Gasteiger partial charge in [0.25, 0.3) is 5.56 Å². The van der Waals surface area contributed by atoms with Crippen molar-refractivity contribution in [1.29, 1.82) is 0 Å². The maximum atomic E-state index is 12.7. The second-order valence-electron chi connectivity index (χ2n) is 7.52. The van der Waals surface area contributed by atoms with Crippen LogP contribution >= 0.6 is 23.1 Å². The molecule has 0 saturated heterocycles. The Morgan fingerprint density at radius 2 is 2.25 bits per heavy atom. The summed E-state index contributed by atoms with van der Waals surface area (Å²) in [5, 5.41) is 3.78. The molecule has 0 aliphatic heterocycles. The van der Waals surface area contributed by atoms with E-state index in [1.807, 2.05) is 38.1 Å². The van der Waals surface area contributed by atoms with Crippen LogP contribution in [-0.4, -0.2) is 21.1 Å². The van der Waals surface area contributed by atoms with E-state index in [4.69, 9.17) is 0 Å². The average molecular weight is 414 g/mol. The van der Waals surface area contributed by atoms with Crippen molar-refractivity contribution in [3.8, 4) is 0 Å². The minimum atomic E-state index is -0.379. The molecular formula is C21H23N3O2S2. The number of hydrogen-bond donors (Lipinski definition) is 2. The third-order valence-corrected chi connectivity index (χ3v) is 7.22. The molecule has 0 saturated carbocycles. The zero-order valence-corrected chi connectivity index (χ0v) is 17.8. The smallest absolute Gasteiger partial charge is 0.260 e. The molecule has 0 bridgehead atoms. The number of thioether (sulfide) groups is 1. The zero-order valence-electron chi connectivity index (χ0n) is 16.2. The molecule has 1 aromatic carbocycles. The van der Waals surface area contributed by atoms with Crippen molar-refractivity contribution < 1.29 is 4.79 Å². The number of aromatic amines is 1. The molecule has 5 nitrogen and oxygen atoms in total. The predicted molar refractivity (Wildman–Crippen MR) is 117 cm³/mol. The van der Waals surface area contributed by atoms with E-state index in [-0.39, 0.29) is 16.7 Å². The van der Waals surface area contributed by atoms with Crippen LogP contribution in [0.5, 0.6) is 0 Å². The van der Waals surface area contributed by atoms with Crippen LogP contribution in [0.2, 0.25) is 0 Å². The lowest BCUT2D eigenvalue weighted by Crippen LogP contribution is -2.23. The maximum Gasteiger partial charge on any atom is 0.260 e. The van der Waals surface area contributed by atoms with Gasteiger partial charge in [-0.3, -0.25) is 9.59 Å². The minimum Gasteiger partial charge on any atom is -0.325 e. The highest BCUT2D eigenvalue weighted by Crippen LogP contribution is 2.36. The molecule has 1 aliphatic carbocycles. The van der Waals surface area contributed by atoms with Crippen LogP contribution in [0, 0.1) is 12.8 Å². The molecule has 1 aliphatic rings. The van der Waals surface area contributed by atoms with Crippen LogP contribution in [0.15, 0.2) is 34.2 Å². The Bertz CT molecular complexity index is 1100. The molecule has 146 valence electrons. The van der Waals surface area contributed by atoms with Crippen LogP contribution in [0.4, 0.5) is 5.69 Å². The summed E-state index contributed by atoms with van der Waals surface area (Å²) in [7, 11) is 0. The molecule has 3 aromatic rings. The lowest BCUT2D eigenvalue weighted by molar-refractivity contribution is -0.115. The lowest BCUT2D eigenvalue weighted by atomic mass is 9.89. The topological polar surface area (TPSA) is 74.8 Å². The van der Waals surface area contributed by atoms with Gasteiger partial charge in [0.2, 0.25) is 5.91 Å². The van der Waals surface area contributed by atoms with Gasteiger partial charge in [0, 0.05) is 10.6 Å². The van der Waals surface area contributed by atoms with Gasteiger partial charge in [-0.25, -0.2) is 4.98 Å². The Morgan fingerprint density at radius 3 is 3.04 bits per heavy atom. The summed E-state index contributed by atoms with van der Waals surface area (Å²) in [5.41, 5.74) is 2.94. The van der Waals surface area contributed by atoms with Gasteiger partial charge in [0.15, 0.2) is 5.16 Å². The number of nitrogens with zero attached hydrogens (tertiary/aromatic N) is 1. The summed E-state index contributed by atoms with van der Waals surface area (Å²) < 4.78 is 0. The first-order valence-electron chi connectivity index (χ1n) is 9.49. The SMILES string of the molecule is Cc1cccc(NC(=O)[C@@H](C)Sc2nc3sc4c(c3c(=O)[nH]2)CC[C@@H](C)C4)c1. The Hall–Kier alpha value is -2.12. The van der Waals surface area contributed by atoms with E-state index in [0.717, 1.165) is 40.7 Å². The number of benzene rings is 1. The summed E-state index contributed by atoms with van der Waals surface area (Å²) in [6.07, 6.45) is 3.08. The fourth-order valence-corrected chi connectivity index (χ4v) is 5.81. The fourth-order valence-electron chi connectivity index (χ4n) is 3.57. The van der Waals surface area contributed by atoms with E-state index in [1.165, 1.54) is 22.2 Å². The van der Waals surface area contributed by atoms with E-state index < -0.39 is 0 Å². The number of fused-ring (bicyclic) bond motifs is 3. The molecule has 4 rings (SSSR count). The highest BCUT2D eigenvalue weighted by atomic mass is 32.2. The molecule has 7 heteroatoms. The van der Waals surface area contributed by atoms with E-state index in [1.54, 1.807) is 11.3 Å². The van der Waals surface area contributed by atoms with Gasteiger partial charge in [-0.15, -0.1) is 11.3 Å². The second kappa shape index (κ2) is 7.72. The molecule has 0 unspecified atom stereocenters. The number of H-pyrrole nitrogens is 1.